The molecule has 3 aromatic rings. The van der Waals surface area contributed by atoms with Gasteiger partial charge in [0, 0.05) is 30.4 Å². The van der Waals surface area contributed by atoms with Crippen molar-refractivity contribution in [3.05, 3.63) is 72.2 Å². The molecule has 31 heavy (non-hydrogen) atoms. The van der Waals surface area contributed by atoms with Crippen molar-refractivity contribution in [2.75, 3.05) is 6.54 Å². The van der Waals surface area contributed by atoms with E-state index in [1.54, 1.807) is 18.6 Å². The van der Waals surface area contributed by atoms with Crippen LogP contribution in [0.4, 0.5) is 0 Å². The quantitative estimate of drug-likeness (QED) is 0.436. The van der Waals surface area contributed by atoms with Crippen molar-refractivity contribution >= 4 is 22.6 Å². The topological polar surface area (TPSA) is 124 Å². The molecule has 0 radical (unpaired) electrons. The summed E-state index contributed by atoms with van der Waals surface area (Å²) in [7, 11) is 0. The van der Waals surface area contributed by atoms with Gasteiger partial charge in [0.25, 0.3) is 0 Å². The molecule has 0 bridgehead atoms. The van der Waals surface area contributed by atoms with E-state index in [0.29, 0.717) is 32.2 Å². The number of rotatable bonds is 11. The van der Waals surface area contributed by atoms with E-state index >= 15 is 0 Å². The first kappa shape index (κ1) is 22.5. The molecule has 7 heteroatoms. The Morgan fingerprint density at radius 2 is 1.84 bits per heavy atom. The maximum atomic E-state index is 13.1. The Labute approximate surface area is 182 Å². The second kappa shape index (κ2) is 11.3. The number of nitrogens with two attached hydrogens (primary N) is 2. The van der Waals surface area contributed by atoms with E-state index in [2.05, 4.69) is 15.3 Å². The number of fused-ring (bicyclic) bond motifs is 1. The van der Waals surface area contributed by atoms with Gasteiger partial charge in [-0.3, -0.25) is 19.6 Å². The zero-order valence-corrected chi connectivity index (χ0v) is 17.5. The number of ketones is 1. The molecule has 7 nitrogen and oxygen atoms in total. The number of hydrogen-bond donors (Lipinski definition) is 3. The number of aryl methyl sites for hydroxylation is 1. The standard InChI is InChI=1S/C24H29N5O2/c25-11-4-7-20(26)24(31)29-22(9-8-17-5-2-1-3-6-17)23(30)14-18-13-19-16-27-12-10-21(19)28-15-18/h1-3,5-6,10,12-13,15-16,20,22H,4,7-9,11,14,25-26H2,(H,29,31)/t20-,22+/m0/s1. The predicted octanol–water partition coefficient (Wildman–Crippen LogP) is 1.93. The van der Waals surface area contributed by atoms with E-state index in [0.717, 1.165) is 22.0 Å². The molecular weight excluding hydrogens is 390 g/mol. The number of hydrogen-bond acceptors (Lipinski definition) is 6. The van der Waals surface area contributed by atoms with Gasteiger partial charge in [0.05, 0.1) is 17.6 Å². The first-order valence-electron chi connectivity index (χ1n) is 10.6. The van der Waals surface area contributed by atoms with E-state index in [-0.39, 0.29) is 18.1 Å². The minimum atomic E-state index is -0.677. The minimum Gasteiger partial charge on any atom is -0.345 e. The molecule has 5 N–H and O–H groups in total. The molecule has 0 aliphatic heterocycles. The largest absolute Gasteiger partial charge is 0.345 e. The summed E-state index contributed by atoms with van der Waals surface area (Å²) in [6, 6.07) is 12.3. The average Bonchev–Trinajstić information content (AvgIpc) is 2.80. The zero-order valence-electron chi connectivity index (χ0n) is 17.5. The summed E-state index contributed by atoms with van der Waals surface area (Å²) < 4.78 is 0. The summed E-state index contributed by atoms with van der Waals surface area (Å²) >= 11 is 0. The van der Waals surface area contributed by atoms with Gasteiger partial charge in [-0.05, 0) is 55.5 Å². The molecule has 0 fully saturated rings. The van der Waals surface area contributed by atoms with Crippen molar-refractivity contribution in [3.8, 4) is 0 Å². The van der Waals surface area contributed by atoms with Crippen LogP contribution in [0.15, 0.2) is 61.1 Å². The minimum absolute atomic E-state index is 0.0691. The summed E-state index contributed by atoms with van der Waals surface area (Å²) in [6.07, 6.45) is 7.61. The van der Waals surface area contributed by atoms with Crippen molar-refractivity contribution in [1.29, 1.82) is 0 Å². The first-order valence-corrected chi connectivity index (χ1v) is 10.6. The summed E-state index contributed by atoms with van der Waals surface area (Å²) in [6.45, 7) is 0.473. The SMILES string of the molecule is NCCC[C@H](N)C(=O)N[C@H](CCc1ccccc1)C(=O)Cc1cnc2ccncc2c1. The van der Waals surface area contributed by atoms with Crippen molar-refractivity contribution in [3.63, 3.8) is 0 Å². The molecule has 2 atom stereocenters. The van der Waals surface area contributed by atoms with E-state index in [1.807, 2.05) is 42.5 Å². The van der Waals surface area contributed by atoms with Crippen LogP contribution >= 0.6 is 0 Å². The molecule has 162 valence electrons. The average molecular weight is 420 g/mol. The fourth-order valence-electron chi connectivity index (χ4n) is 3.46. The number of Topliss-reactive ketones (excluding diaryl/α,β-unsaturated/α-hetero) is 1. The molecule has 1 aromatic carbocycles. The fraction of sp³-hybridized carbons (Fsp3) is 0.333. The van der Waals surface area contributed by atoms with Crippen LogP contribution in [0.2, 0.25) is 0 Å². The van der Waals surface area contributed by atoms with Crippen LogP contribution in [0.1, 0.15) is 30.4 Å². The molecule has 3 rings (SSSR count). The maximum Gasteiger partial charge on any atom is 0.237 e. The van der Waals surface area contributed by atoms with Gasteiger partial charge >= 0.3 is 0 Å². The number of carbonyl (C=O) groups excluding carboxylic acids is 2. The highest BCUT2D eigenvalue weighted by Gasteiger charge is 2.23. The lowest BCUT2D eigenvalue weighted by atomic mass is 9.97. The van der Waals surface area contributed by atoms with Gasteiger partial charge in [0.2, 0.25) is 5.91 Å². The lowest BCUT2D eigenvalue weighted by Crippen LogP contribution is -2.49. The number of benzene rings is 1. The van der Waals surface area contributed by atoms with Crippen LogP contribution in [0.5, 0.6) is 0 Å². The second-order valence-electron chi connectivity index (χ2n) is 7.68. The normalized spacial score (nSPS) is 13.0. The second-order valence-corrected chi connectivity index (χ2v) is 7.68. The summed E-state index contributed by atoms with van der Waals surface area (Å²) in [5.74, 6) is -0.388. The third-order valence-corrected chi connectivity index (χ3v) is 5.24. The Balaban J connectivity index is 1.71. The highest BCUT2D eigenvalue weighted by molar-refractivity contribution is 5.92. The molecule has 2 aromatic heterocycles. The lowest BCUT2D eigenvalue weighted by Gasteiger charge is -2.20. The molecule has 0 aliphatic carbocycles. The van der Waals surface area contributed by atoms with Crippen molar-refractivity contribution in [2.24, 2.45) is 11.5 Å². The Morgan fingerprint density at radius 3 is 2.61 bits per heavy atom. The summed E-state index contributed by atoms with van der Waals surface area (Å²) in [4.78, 5) is 34.2. The zero-order chi connectivity index (χ0) is 22.1. The number of carbonyl (C=O) groups is 2. The molecule has 0 saturated heterocycles. The first-order chi connectivity index (χ1) is 15.1. The van der Waals surface area contributed by atoms with E-state index in [4.69, 9.17) is 11.5 Å². The molecule has 0 saturated carbocycles. The number of pyridine rings is 2. The monoisotopic (exact) mass is 419 g/mol. The van der Waals surface area contributed by atoms with Crippen LogP contribution in [-0.4, -0.2) is 40.3 Å². The van der Waals surface area contributed by atoms with Crippen molar-refractivity contribution < 1.29 is 9.59 Å². The highest BCUT2D eigenvalue weighted by Crippen LogP contribution is 2.14. The van der Waals surface area contributed by atoms with E-state index in [9.17, 15) is 9.59 Å². The number of nitrogens with zero attached hydrogens (tertiary/aromatic N) is 2. The van der Waals surface area contributed by atoms with Gasteiger partial charge in [0.1, 0.15) is 0 Å². The molecule has 0 aliphatic rings. The molecule has 0 spiro atoms. The fourth-order valence-corrected chi connectivity index (χ4v) is 3.46. The lowest BCUT2D eigenvalue weighted by molar-refractivity contribution is -0.128. The van der Waals surface area contributed by atoms with Crippen LogP contribution in [-0.2, 0) is 22.4 Å². The van der Waals surface area contributed by atoms with Crippen LogP contribution in [0.3, 0.4) is 0 Å². The molecular formula is C24H29N5O2. The Bertz CT molecular complexity index is 1010. The Morgan fingerprint density at radius 1 is 1.03 bits per heavy atom. The summed E-state index contributed by atoms with van der Waals surface area (Å²) in [5, 5.41) is 3.74. The molecule has 2 heterocycles. The van der Waals surface area contributed by atoms with Gasteiger partial charge < -0.3 is 16.8 Å². The van der Waals surface area contributed by atoms with E-state index in [1.165, 1.54) is 0 Å². The van der Waals surface area contributed by atoms with Crippen molar-refractivity contribution in [1.82, 2.24) is 15.3 Å². The van der Waals surface area contributed by atoms with Gasteiger partial charge in [-0.1, -0.05) is 30.3 Å². The smallest absolute Gasteiger partial charge is 0.237 e. The third kappa shape index (κ3) is 6.67. The van der Waals surface area contributed by atoms with Crippen LogP contribution in [0.25, 0.3) is 10.9 Å². The number of nitrogens with one attached hydrogen (secondary N) is 1. The highest BCUT2D eigenvalue weighted by atomic mass is 16.2. The third-order valence-electron chi connectivity index (χ3n) is 5.24. The molecule has 1 amide bonds. The number of aromatic nitrogens is 2. The van der Waals surface area contributed by atoms with Crippen LogP contribution in [0, 0.1) is 0 Å². The van der Waals surface area contributed by atoms with Gasteiger partial charge in [-0.25, -0.2) is 0 Å². The van der Waals surface area contributed by atoms with Gasteiger partial charge in [0.15, 0.2) is 5.78 Å². The molecule has 0 unspecified atom stereocenters. The van der Waals surface area contributed by atoms with Crippen LogP contribution < -0.4 is 16.8 Å². The summed E-state index contributed by atoms with van der Waals surface area (Å²) in [5.41, 5.74) is 14.2. The van der Waals surface area contributed by atoms with Crippen molar-refractivity contribution in [2.45, 2.75) is 44.2 Å². The Kier molecular flexibility index (Phi) is 8.20. The number of amides is 1. The van der Waals surface area contributed by atoms with Gasteiger partial charge in [-0.15, -0.1) is 0 Å². The predicted molar refractivity (Wildman–Crippen MR) is 121 cm³/mol. The maximum absolute atomic E-state index is 13.1. The van der Waals surface area contributed by atoms with Gasteiger partial charge in [-0.2, -0.15) is 0 Å². The van der Waals surface area contributed by atoms with E-state index < -0.39 is 12.1 Å². The Hall–Kier alpha value is -3.16.